The van der Waals surface area contributed by atoms with E-state index in [0.29, 0.717) is 5.88 Å². The lowest BCUT2D eigenvalue weighted by Gasteiger charge is -2.12. The number of nitrogens with one attached hydrogen (secondary N) is 1. The minimum Gasteiger partial charge on any atom is -0.481 e. The van der Waals surface area contributed by atoms with Gasteiger partial charge in [-0.25, -0.2) is 4.98 Å². The highest BCUT2D eigenvalue weighted by molar-refractivity contribution is 5.38. The second-order valence-electron chi connectivity index (χ2n) is 5.14. The highest BCUT2D eigenvalue weighted by Crippen LogP contribution is 2.28. The summed E-state index contributed by atoms with van der Waals surface area (Å²) < 4.78 is 10.9. The highest BCUT2D eigenvalue weighted by atomic mass is 16.5. The van der Waals surface area contributed by atoms with Crippen LogP contribution in [0.4, 0.5) is 5.82 Å². The highest BCUT2D eigenvalue weighted by Gasteiger charge is 2.21. The number of unbranched alkanes of at least 4 members (excludes halogenated alkanes) is 3. The summed E-state index contributed by atoms with van der Waals surface area (Å²) in [7, 11) is 1.63. The Morgan fingerprint density at radius 2 is 2.25 bits per heavy atom. The molecule has 5 nitrogen and oxygen atoms in total. The quantitative estimate of drug-likeness (QED) is 0.740. The zero-order valence-corrected chi connectivity index (χ0v) is 12.5. The lowest BCUT2D eigenvalue weighted by molar-refractivity contribution is 0.104. The molecule has 0 aromatic carbocycles. The Kier molecular flexibility index (Phi) is 6.05. The molecule has 1 aromatic rings. The van der Waals surface area contributed by atoms with Crippen LogP contribution in [0.1, 0.15) is 57.4 Å². The summed E-state index contributed by atoms with van der Waals surface area (Å²) >= 11 is 0. The van der Waals surface area contributed by atoms with Gasteiger partial charge in [0.1, 0.15) is 11.9 Å². The van der Waals surface area contributed by atoms with Gasteiger partial charge in [-0.1, -0.05) is 26.2 Å². The molecule has 1 aliphatic rings. The molecular formula is C15H25N3O2. The van der Waals surface area contributed by atoms with Crippen molar-refractivity contribution in [3.8, 4) is 5.88 Å². The molecule has 112 valence electrons. The Hall–Kier alpha value is -1.36. The first-order chi connectivity index (χ1) is 9.83. The monoisotopic (exact) mass is 279 g/mol. The third kappa shape index (κ3) is 4.34. The standard InChI is InChI=1S/C15H25N3O2/c1-3-4-5-6-9-16-13-11-14(19-2)18-15(17-13)12-8-7-10-20-12/h11-12H,3-10H2,1-2H3,(H,16,17,18). The number of hydrogen-bond donors (Lipinski definition) is 1. The van der Waals surface area contributed by atoms with Crippen molar-refractivity contribution in [1.29, 1.82) is 0 Å². The van der Waals surface area contributed by atoms with Crippen LogP contribution in [-0.4, -0.2) is 30.2 Å². The minimum atomic E-state index is 0.0192. The third-order valence-corrected chi connectivity index (χ3v) is 3.48. The van der Waals surface area contributed by atoms with E-state index in [0.717, 1.165) is 44.1 Å². The minimum absolute atomic E-state index is 0.0192. The summed E-state index contributed by atoms with van der Waals surface area (Å²) in [6.07, 6.45) is 7.04. The topological polar surface area (TPSA) is 56.3 Å². The molecule has 2 rings (SSSR count). The molecule has 1 atom stereocenters. The molecule has 0 bridgehead atoms. The smallest absolute Gasteiger partial charge is 0.218 e. The number of nitrogens with zero attached hydrogens (tertiary/aromatic N) is 2. The molecule has 1 saturated heterocycles. The van der Waals surface area contributed by atoms with E-state index < -0.39 is 0 Å². The summed E-state index contributed by atoms with van der Waals surface area (Å²) in [4.78, 5) is 8.95. The van der Waals surface area contributed by atoms with Crippen molar-refractivity contribution in [1.82, 2.24) is 9.97 Å². The van der Waals surface area contributed by atoms with Gasteiger partial charge in [-0.2, -0.15) is 4.98 Å². The number of hydrogen-bond acceptors (Lipinski definition) is 5. The molecule has 1 fully saturated rings. The molecule has 1 aliphatic heterocycles. The van der Waals surface area contributed by atoms with Crippen LogP contribution in [-0.2, 0) is 4.74 Å². The predicted octanol–water partition coefficient (Wildman–Crippen LogP) is 3.33. The van der Waals surface area contributed by atoms with E-state index in [1.807, 2.05) is 6.07 Å². The fraction of sp³-hybridized carbons (Fsp3) is 0.733. The molecule has 0 aliphatic carbocycles. The third-order valence-electron chi connectivity index (χ3n) is 3.48. The first-order valence-corrected chi connectivity index (χ1v) is 7.62. The predicted molar refractivity (Wildman–Crippen MR) is 79.1 cm³/mol. The normalized spacial score (nSPS) is 18.2. The van der Waals surface area contributed by atoms with Crippen molar-refractivity contribution in [3.05, 3.63) is 11.9 Å². The van der Waals surface area contributed by atoms with E-state index in [9.17, 15) is 0 Å². The molecule has 5 heteroatoms. The van der Waals surface area contributed by atoms with E-state index in [-0.39, 0.29) is 6.10 Å². The second kappa shape index (κ2) is 8.04. The van der Waals surface area contributed by atoms with Gasteiger partial charge in [-0.05, 0) is 19.3 Å². The molecule has 1 N–H and O–H groups in total. The summed E-state index contributed by atoms with van der Waals surface area (Å²) in [5.41, 5.74) is 0. The number of aromatic nitrogens is 2. The Morgan fingerprint density at radius 1 is 1.35 bits per heavy atom. The van der Waals surface area contributed by atoms with E-state index in [1.54, 1.807) is 7.11 Å². The Labute approximate surface area is 121 Å². The zero-order valence-electron chi connectivity index (χ0n) is 12.5. The lowest BCUT2D eigenvalue weighted by Crippen LogP contribution is -2.09. The van der Waals surface area contributed by atoms with Crippen LogP contribution < -0.4 is 10.1 Å². The van der Waals surface area contributed by atoms with Gasteiger partial charge in [0, 0.05) is 19.2 Å². The van der Waals surface area contributed by atoms with Gasteiger partial charge in [0.15, 0.2) is 5.82 Å². The van der Waals surface area contributed by atoms with Crippen molar-refractivity contribution in [2.75, 3.05) is 25.6 Å². The van der Waals surface area contributed by atoms with Crippen LogP contribution in [0, 0.1) is 0 Å². The Bertz CT molecular complexity index is 406. The van der Waals surface area contributed by atoms with Crippen LogP contribution in [0.5, 0.6) is 5.88 Å². The molecular weight excluding hydrogens is 254 g/mol. The van der Waals surface area contributed by atoms with Crippen molar-refractivity contribution < 1.29 is 9.47 Å². The first-order valence-electron chi connectivity index (χ1n) is 7.62. The van der Waals surface area contributed by atoms with Crippen molar-refractivity contribution in [3.63, 3.8) is 0 Å². The maximum absolute atomic E-state index is 5.64. The molecule has 1 aromatic heterocycles. The summed E-state index contributed by atoms with van der Waals surface area (Å²) in [6.45, 7) is 3.95. The number of anilines is 1. The lowest BCUT2D eigenvalue weighted by atomic mass is 10.2. The second-order valence-corrected chi connectivity index (χ2v) is 5.14. The van der Waals surface area contributed by atoms with Gasteiger partial charge in [0.05, 0.1) is 7.11 Å². The molecule has 0 radical (unpaired) electrons. The maximum atomic E-state index is 5.64. The summed E-state index contributed by atoms with van der Waals surface area (Å²) in [6, 6.07) is 1.85. The van der Waals surface area contributed by atoms with E-state index >= 15 is 0 Å². The van der Waals surface area contributed by atoms with Crippen LogP contribution in [0.25, 0.3) is 0 Å². The Morgan fingerprint density at radius 3 is 2.95 bits per heavy atom. The SMILES string of the molecule is CCCCCCNc1cc(OC)nc(C2CCCO2)n1. The van der Waals surface area contributed by atoms with Crippen LogP contribution in [0.2, 0.25) is 0 Å². The van der Waals surface area contributed by atoms with Crippen LogP contribution >= 0.6 is 0 Å². The Balaban J connectivity index is 1.94. The van der Waals surface area contributed by atoms with Gasteiger partial charge in [0.25, 0.3) is 0 Å². The fourth-order valence-electron chi connectivity index (χ4n) is 2.33. The van der Waals surface area contributed by atoms with E-state index in [1.165, 1.54) is 19.3 Å². The van der Waals surface area contributed by atoms with Crippen LogP contribution in [0.3, 0.4) is 0 Å². The number of rotatable bonds is 8. The fourth-order valence-corrected chi connectivity index (χ4v) is 2.33. The van der Waals surface area contributed by atoms with Gasteiger partial charge >= 0.3 is 0 Å². The molecule has 2 heterocycles. The van der Waals surface area contributed by atoms with Gasteiger partial charge in [-0.15, -0.1) is 0 Å². The summed E-state index contributed by atoms with van der Waals surface area (Å²) in [5.74, 6) is 2.17. The average molecular weight is 279 g/mol. The van der Waals surface area contributed by atoms with E-state index in [2.05, 4.69) is 22.2 Å². The van der Waals surface area contributed by atoms with Crippen molar-refractivity contribution >= 4 is 5.82 Å². The average Bonchev–Trinajstić information content (AvgIpc) is 3.01. The molecule has 1 unspecified atom stereocenters. The number of ether oxygens (including phenoxy) is 2. The molecule has 0 spiro atoms. The van der Waals surface area contributed by atoms with Crippen molar-refractivity contribution in [2.45, 2.75) is 51.6 Å². The molecule has 20 heavy (non-hydrogen) atoms. The van der Waals surface area contributed by atoms with Gasteiger partial charge < -0.3 is 14.8 Å². The molecule has 0 saturated carbocycles. The maximum Gasteiger partial charge on any atom is 0.218 e. The molecule has 0 amide bonds. The zero-order chi connectivity index (χ0) is 14.2. The number of methoxy groups -OCH3 is 1. The van der Waals surface area contributed by atoms with E-state index in [4.69, 9.17) is 9.47 Å². The first kappa shape index (κ1) is 15.0. The van der Waals surface area contributed by atoms with Crippen molar-refractivity contribution in [2.24, 2.45) is 0 Å². The summed E-state index contributed by atoms with van der Waals surface area (Å²) in [5, 5.41) is 3.36. The van der Waals surface area contributed by atoms with Crippen LogP contribution in [0.15, 0.2) is 6.07 Å². The van der Waals surface area contributed by atoms with Gasteiger partial charge in [-0.3, -0.25) is 0 Å². The largest absolute Gasteiger partial charge is 0.481 e. The van der Waals surface area contributed by atoms with Gasteiger partial charge in [0.2, 0.25) is 5.88 Å².